The molecule has 2 aromatic carbocycles. The first-order chi connectivity index (χ1) is 17.6. The molecule has 0 radical (unpaired) electrons. The number of carbonyl (C=O) groups is 1. The van der Waals surface area contributed by atoms with Crippen molar-refractivity contribution < 1.29 is 18.5 Å². The van der Waals surface area contributed by atoms with E-state index in [9.17, 15) is 4.79 Å². The molecule has 0 unspecified atom stereocenters. The highest BCUT2D eigenvalue weighted by Gasteiger charge is 2.24. The summed E-state index contributed by atoms with van der Waals surface area (Å²) < 4.78 is 16.9. The predicted molar refractivity (Wildman–Crippen MR) is 135 cm³/mol. The monoisotopic (exact) mass is 486 g/mol. The molecule has 0 spiro atoms. The van der Waals surface area contributed by atoms with Crippen LogP contribution in [-0.4, -0.2) is 58.6 Å². The number of amides is 1. The van der Waals surface area contributed by atoms with Crippen LogP contribution in [0.3, 0.4) is 0 Å². The topological polar surface area (TPSA) is 84.8 Å². The van der Waals surface area contributed by atoms with E-state index in [1.807, 2.05) is 59.5 Å². The van der Waals surface area contributed by atoms with Crippen LogP contribution in [0, 0.1) is 6.92 Å². The molecule has 0 bridgehead atoms. The van der Waals surface area contributed by atoms with Crippen molar-refractivity contribution in [3.05, 3.63) is 89.7 Å². The van der Waals surface area contributed by atoms with E-state index in [4.69, 9.17) is 13.7 Å². The van der Waals surface area contributed by atoms with E-state index >= 15 is 0 Å². The van der Waals surface area contributed by atoms with Gasteiger partial charge in [0.1, 0.15) is 18.1 Å². The van der Waals surface area contributed by atoms with Gasteiger partial charge in [-0.15, -0.1) is 0 Å². The molecule has 1 amide bonds. The van der Waals surface area contributed by atoms with Crippen LogP contribution >= 0.6 is 0 Å². The minimum atomic E-state index is -0.0740. The largest absolute Gasteiger partial charge is 0.486 e. The first kappa shape index (κ1) is 23.8. The van der Waals surface area contributed by atoms with Crippen LogP contribution in [0.15, 0.2) is 75.7 Å². The van der Waals surface area contributed by atoms with Crippen LogP contribution in [0.1, 0.15) is 34.2 Å². The SMILES string of the molecule is Cc1ccc(-c2noc(CCCN3CCN(C(=O)c4ccc(COc5ccccc5)o4)CC3)n2)cc1. The minimum Gasteiger partial charge on any atom is -0.486 e. The van der Waals surface area contributed by atoms with Crippen molar-refractivity contribution in [2.75, 3.05) is 32.7 Å². The third-order valence-corrected chi connectivity index (χ3v) is 6.30. The lowest BCUT2D eigenvalue weighted by molar-refractivity contribution is 0.0601. The molecule has 4 aromatic rings. The fourth-order valence-electron chi connectivity index (χ4n) is 4.20. The van der Waals surface area contributed by atoms with Gasteiger partial charge < -0.3 is 18.6 Å². The third-order valence-electron chi connectivity index (χ3n) is 6.30. The van der Waals surface area contributed by atoms with Crippen LogP contribution in [0.2, 0.25) is 0 Å². The lowest BCUT2D eigenvalue weighted by atomic mass is 10.1. The molecule has 8 heteroatoms. The number of aromatic nitrogens is 2. The van der Waals surface area contributed by atoms with E-state index in [1.165, 1.54) is 5.56 Å². The van der Waals surface area contributed by atoms with Crippen molar-refractivity contribution in [2.24, 2.45) is 0 Å². The first-order valence-corrected chi connectivity index (χ1v) is 12.3. The van der Waals surface area contributed by atoms with Crippen molar-refractivity contribution in [3.8, 4) is 17.1 Å². The first-order valence-electron chi connectivity index (χ1n) is 12.3. The second-order valence-electron chi connectivity index (χ2n) is 8.98. The van der Waals surface area contributed by atoms with Crippen molar-refractivity contribution in [2.45, 2.75) is 26.4 Å². The van der Waals surface area contributed by atoms with Crippen molar-refractivity contribution >= 4 is 5.91 Å². The van der Waals surface area contributed by atoms with Crippen molar-refractivity contribution in [1.82, 2.24) is 19.9 Å². The number of piperazine rings is 1. The smallest absolute Gasteiger partial charge is 0.289 e. The fraction of sp³-hybridized carbons (Fsp3) is 0.321. The highest BCUT2D eigenvalue weighted by atomic mass is 16.5. The number of ether oxygens (including phenoxy) is 1. The van der Waals surface area contributed by atoms with Gasteiger partial charge in [0.15, 0.2) is 5.76 Å². The molecule has 1 aliphatic heterocycles. The third kappa shape index (κ3) is 6.01. The van der Waals surface area contributed by atoms with Crippen molar-refractivity contribution in [1.29, 1.82) is 0 Å². The lowest BCUT2D eigenvalue weighted by Crippen LogP contribution is -2.48. The molecule has 1 fully saturated rings. The van der Waals surface area contributed by atoms with E-state index in [0.717, 1.165) is 43.8 Å². The molecule has 3 heterocycles. The molecule has 186 valence electrons. The summed E-state index contributed by atoms with van der Waals surface area (Å²) >= 11 is 0. The molecular formula is C28H30N4O4. The maximum absolute atomic E-state index is 12.9. The van der Waals surface area contributed by atoms with Crippen LogP contribution in [0.25, 0.3) is 11.4 Å². The number of aryl methyl sites for hydroxylation is 2. The van der Waals surface area contributed by atoms with E-state index in [0.29, 0.717) is 36.3 Å². The Morgan fingerprint density at radius 2 is 1.75 bits per heavy atom. The van der Waals surface area contributed by atoms with Gasteiger partial charge in [0.05, 0.1) is 0 Å². The summed E-state index contributed by atoms with van der Waals surface area (Å²) in [7, 11) is 0. The zero-order valence-electron chi connectivity index (χ0n) is 20.4. The van der Waals surface area contributed by atoms with Crippen LogP contribution in [-0.2, 0) is 13.0 Å². The average Bonchev–Trinajstić information content (AvgIpc) is 3.59. The van der Waals surface area contributed by atoms with Gasteiger partial charge in [-0.25, -0.2) is 0 Å². The molecule has 5 rings (SSSR count). The van der Waals surface area contributed by atoms with Crippen LogP contribution in [0.4, 0.5) is 0 Å². The van der Waals surface area contributed by atoms with E-state index < -0.39 is 0 Å². The molecular weight excluding hydrogens is 456 g/mol. The fourth-order valence-corrected chi connectivity index (χ4v) is 4.20. The Morgan fingerprint density at radius 3 is 2.53 bits per heavy atom. The second kappa shape index (κ2) is 11.2. The Kier molecular flexibility index (Phi) is 7.42. The lowest BCUT2D eigenvalue weighted by Gasteiger charge is -2.34. The minimum absolute atomic E-state index is 0.0740. The Balaban J connectivity index is 1.03. The van der Waals surface area contributed by atoms with Crippen molar-refractivity contribution in [3.63, 3.8) is 0 Å². The number of benzene rings is 2. The molecule has 36 heavy (non-hydrogen) atoms. The van der Waals surface area contributed by atoms with Gasteiger partial charge in [-0.1, -0.05) is 53.2 Å². The van der Waals surface area contributed by atoms with E-state index in [2.05, 4.69) is 22.0 Å². The Morgan fingerprint density at radius 1 is 0.972 bits per heavy atom. The zero-order valence-corrected chi connectivity index (χ0v) is 20.4. The highest BCUT2D eigenvalue weighted by Crippen LogP contribution is 2.18. The van der Waals surface area contributed by atoms with Gasteiger partial charge in [-0.05, 0) is 44.2 Å². The van der Waals surface area contributed by atoms with Gasteiger partial charge in [0.2, 0.25) is 11.7 Å². The number of hydrogen-bond acceptors (Lipinski definition) is 7. The Hall–Kier alpha value is -3.91. The van der Waals surface area contributed by atoms with Gasteiger partial charge in [0.25, 0.3) is 5.91 Å². The zero-order chi connectivity index (χ0) is 24.7. The molecule has 0 N–H and O–H groups in total. The summed E-state index contributed by atoms with van der Waals surface area (Å²) in [5.41, 5.74) is 2.16. The molecule has 1 saturated heterocycles. The Labute approximate surface area is 210 Å². The Bertz CT molecular complexity index is 1260. The average molecular weight is 487 g/mol. The summed E-state index contributed by atoms with van der Waals surface area (Å²) in [5.74, 6) is 2.97. The summed E-state index contributed by atoms with van der Waals surface area (Å²) in [6.07, 6.45) is 1.66. The number of furan rings is 1. The molecule has 0 aliphatic carbocycles. The van der Waals surface area contributed by atoms with Gasteiger partial charge in [-0.2, -0.15) is 4.98 Å². The maximum Gasteiger partial charge on any atom is 0.289 e. The normalized spacial score (nSPS) is 14.2. The summed E-state index contributed by atoms with van der Waals surface area (Å²) in [6, 6.07) is 21.2. The molecule has 8 nitrogen and oxygen atoms in total. The van der Waals surface area contributed by atoms with Crippen LogP contribution < -0.4 is 4.74 Å². The standard InChI is InChI=1S/C28H30N4O4/c1-21-9-11-22(12-10-21)27-29-26(36-30-27)8-5-15-31-16-18-32(19-17-31)28(33)25-14-13-24(35-25)20-34-23-6-3-2-4-7-23/h2-4,6-7,9-14H,5,8,15-20H2,1H3. The summed E-state index contributed by atoms with van der Waals surface area (Å²) in [5, 5.41) is 4.11. The van der Waals surface area contributed by atoms with Gasteiger partial charge >= 0.3 is 0 Å². The quantitative estimate of drug-likeness (QED) is 0.342. The van der Waals surface area contributed by atoms with E-state index in [1.54, 1.807) is 12.1 Å². The number of nitrogens with zero attached hydrogens (tertiary/aromatic N) is 4. The number of rotatable bonds is 9. The summed E-state index contributed by atoms with van der Waals surface area (Å²) in [4.78, 5) is 21.6. The van der Waals surface area contributed by atoms with Gasteiger partial charge in [-0.3, -0.25) is 9.69 Å². The maximum atomic E-state index is 12.9. The molecule has 0 saturated carbocycles. The summed E-state index contributed by atoms with van der Waals surface area (Å²) in [6.45, 7) is 6.27. The molecule has 0 atom stereocenters. The molecule has 2 aromatic heterocycles. The number of para-hydroxylation sites is 1. The number of carbonyl (C=O) groups excluding carboxylic acids is 1. The molecule has 1 aliphatic rings. The van der Waals surface area contributed by atoms with Gasteiger partial charge in [0, 0.05) is 38.2 Å². The van der Waals surface area contributed by atoms with Crippen LogP contribution in [0.5, 0.6) is 5.75 Å². The predicted octanol–water partition coefficient (Wildman–Crippen LogP) is 4.61. The highest BCUT2D eigenvalue weighted by molar-refractivity contribution is 5.91. The van der Waals surface area contributed by atoms with E-state index in [-0.39, 0.29) is 12.5 Å². The second-order valence-corrected chi connectivity index (χ2v) is 8.98. The number of hydrogen-bond donors (Lipinski definition) is 0.